The first kappa shape index (κ1) is 28.8. The van der Waals surface area contributed by atoms with Crippen molar-refractivity contribution in [2.75, 3.05) is 13.6 Å². The van der Waals surface area contributed by atoms with Crippen LogP contribution in [0.3, 0.4) is 0 Å². The highest BCUT2D eigenvalue weighted by molar-refractivity contribution is 6.02. The minimum absolute atomic E-state index is 0.0975. The first-order valence-corrected chi connectivity index (χ1v) is 14.0. The second kappa shape index (κ2) is 11.9. The molecule has 1 heterocycles. The highest BCUT2D eigenvalue weighted by Crippen LogP contribution is 2.34. The van der Waals surface area contributed by atoms with Crippen molar-refractivity contribution < 1.29 is 9.31 Å². The molecule has 0 N–H and O–H groups in total. The normalized spacial score (nSPS) is 16.3. The van der Waals surface area contributed by atoms with Crippen molar-refractivity contribution in [3.05, 3.63) is 131 Å². The molecule has 204 valence electrons. The minimum atomic E-state index is 0.0975. The van der Waals surface area contributed by atoms with Crippen LogP contribution in [0.15, 0.2) is 108 Å². The summed E-state index contributed by atoms with van der Waals surface area (Å²) in [7, 11) is 2.01. The fourth-order valence-corrected chi connectivity index (χ4v) is 4.58. The molecule has 2 aromatic carbocycles. The second-order valence-corrected chi connectivity index (χ2v) is 12.5. The van der Waals surface area contributed by atoms with Crippen molar-refractivity contribution in [3.8, 4) is 6.07 Å². The van der Waals surface area contributed by atoms with Crippen LogP contribution in [0.2, 0.25) is 0 Å². The predicted molar refractivity (Wildman–Crippen MR) is 168 cm³/mol. The summed E-state index contributed by atoms with van der Waals surface area (Å²) in [5.74, 6) is 1.63. The number of nitriles is 1. The molecular weight excluding hydrogens is 488 g/mol. The van der Waals surface area contributed by atoms with E-state index in [2.05, 4.69) is 143 Å². The van der Waals surface area contributed by atoms with Crippen LogP contribution in [0.1, 0.15) is 70.2 Å². The lowest BCUT2D eigenvalue weighted by molar-refractivity contribution is -0.494. The summed E-state index contributed by atoms with van der Waals surface area (Å²) in [6.45, 7) is 14.1. The van der Waals surface area contributed by atoms with Crippen LogP contribution in [0.5, 0.6) is 0 Å². The number of benzene rings is 2. The van der Waals surface area contributed by atoms with Crippen molar-refractivity contribution in [2.24, 2.45) is 0 Å². The zero-order valence-corrected chi connectivity index (χ0v) is 25.0. The lowest BCUT2D eigenvalue weighted by atomic mass is 9.86. The Morgan fingerprint density at radius 2 is 1.30 bits per heavy atom. The van der Waals surface area contributed by atoms with E-state index in [9.17, 15) is 0 Å². The van der Waals surface area contributed by atoms with E-state index >= 15 is 0 Å². The zero-order chi connectivity index (χ0) is 28.9. The Morgan fingerprint density at radius 3 is 1.82 bits per heavy atom. The fraction of sp³-hybridized carbons (Fsp3) is 0.297. The molecule has 0 amide bonds. The molecule has 0 fully saturated rings. The van der Waals surface area contributed by atoms with Gasteiger partial charge in [-0.25, -0.2) is 4.58 Å². The van der Waals surface area contributed by atoms with E-state index in [0.29, 0.717) is 13.0 Å². The number of nitrogens with zero attached hydrogens (tertiary/aromatic N) is 2. The molecule has 2 aromatic rings. The fourth-order valence-electron chi connectivity index (χ4n) is 4.58. The Bertz CT molecular complexity index is 1480. The molecule has 1 aliphatic heterocycles. The molecule has 0 unspecified atom stereocenters. The van der Waals surface area contributed by atoms with Crippen LogP contribution in [0.4, 0.5) is 0 Å². The van der Waals surface area contributed by atoms with E-state index in [1.165, 1.54) is 11.1 Å². The summed E-state index contributed by atoms with van der Waals surface area (Å²) in [5, 5.41) is 8.86. The van der Waals surface area contributed by atoms with Crippen LogP contribution in [0.25, 0.3) is 11.3 Å². The molecule has 3 nitrogen and oxygen atoms in total. The molecule has 0 saturated carbocycles. The molecule has 3 heteroatoms. The molecular formula is C37H41N2O+. The summed E-state index contributed by atoms with van der Waals surface area (Å²) in [5.41, 5.74) is 8.34. The standard InChI is InChI=1S/C37H41N2O/c1-36(2,3)31-16-12-28(13-17-31)30-25-34(22-11-27-9-20-33(21-10-27)39(7)24-8-23-38)40-35(26-30)29-14-18-32(19-15-29)37(4,5)6/h9-22,25-26H,8,24H2,1-7H3/q+1. The van der Waals surface area contributed by atoms with Gasteiger partial charge in [0.15, 0.2) is 12.3 Å². The van der Waals surface area contributed by atoms with E-state index in [1.54, 1.807) is 0 Å². The molecule has 0 aromatic heterocycles. The smallest absolute Gasteiger partial charge is 0.199 e. The maximum absolute atomic E-state index is 8.86. The number of allylic oxidation sites excluding steroid dienone is 10. The third-order valence-corrected chi connectivity index (χ3v) is 7.26. The number of hydrogen-bond donors (Lipinski definition) is 0. The van der Waals surface area contributed by atoms with Crippen LogP contribution >= 0.6 is 0 Å². The highest BCUT2D eigenvalue weighted by Gasteiger charge is 2.18. The van der Waals surface area contributed by atoms with Gasteiger partial charge in [-0.2, -0.15) is 5.26 Å². The Kier molecular flexibility index (Phi) is 8.60. The first-order chi connectivity index (χ1) is 18.9. The van der Waals surface area contributed by atoms with Crippen molar-refractivity contribution >= 4 is 17.0 Å². The Morgan fingerprint density at radius 1 is 0.750 bits per heavy atom. The quantitative estimate of drug-likeness (QED) is 0.363. The average Bonchev–Trinajstić information content (AvgIpc) is 2.94. The van der Waals surface area contributed by atoms with Gasteiger partial charge in [-0.15, -0.1) is 0 Å². The van der Waals surface area contributed by atoms with E-state index in [1.807, 2.05) is 13.1 Å². The Balaban J connectivity index is 1.66. The molecule has 0 bridgehead atoms. The van der Waals surface area contributed by atoms with E-state index in [-0.39, 0.29) is 10.8 Å². The van der Waals surface area contributed by atoms with Gasteiger partial charge in [0.1, 0.15) is 18.6 Å². The maximum Gasteiger partial charge on any atom is 0.199 e. The highest BCUT2D eigenvalue weighted by atomic mass is 16.5. The van der Waals surface area contributed by atoms with Gasteiger partial charge >= 0.3 is 0 Å². The van der Waals surface area contributed by atoms with Gasteiger partial charge in [0.2, 0.25) is 0 Å². The van der Waals surface area contributed by atoms with Crippen LogP contribution < -0.4 is 0 Å². The van der Waals surface area contributed by atoms with E-state index in [0.717, 1.165) is 39.5 Å². The topological polar surface area (TPSA) is 36.0 Å². The summed E-state index contributed by atoms with van der Waals surface area (Å²) >= 11 is 0. The first-order valence-electron chi connectivity index (χ1n) is 14.0. The van der Waals surface area contributed by atoms with Gasteiger partial charge < -0.3 is 4.74 Å². The van der Waals surface area contributed by atoms with E-state index < -0.39 is 0 Å². The molecule has 1 aliphatic carbocycles. The lowest BCUT2D eigenvalue weighted by Crippen LogP contribution is -2.16. The Hall–Kier alpha value is -4.16. The summed E-state index contributed by atoms with van der Waals surface area (Å²) in [6.07, 6.45) is 17.2. The third-order valence-electron chi connectivity index (χ3n) is 7.26. The number of rotatable bonds is 5. The monoisotopic (exact) mass is 529 g/mol. The zero-order valence-electron chi connectivity index (χ0n) is 25.0. The summed E-state index contributed by atoms with van der Waals surface area (Å²) in [6, 6.07) is 19.8. The van der Waals surface area contributed by atoms with Gasteiger partial charge in [0, 0.05) is 17.7 Å². The third kappa shape index (κ3) is 7.27. The molecule has 0 saturated heterocycles. The van der Waals surface area contributed by atoms with Crippen molar-refractivity contribution in [1.29, 1.82) is 5.26 Å². The van der Waals surface area contributed by atoms with Crippen molar-refractivity contribution in [3.63, 3.8) is 0 Å². The lowest BCUT2D eigenvalue weighted by Gasteiger charge is -2.22. The largest absolute Gasteiger partial charge is 0.457 e. The molecule has 0 atom stereocenters. The van der Waals surface area contributed by atoms with Gasteiger partial charge in [-0.1, -0.05) is 96.1 Å². The molecule has 0 radical (unpaired) electrons. The van der Waals surface area contributed by atoms with Gasteiger partial charge in [0.05, 0.1) is 12.5 Å². The predicted octanol–water partition coefficient (Wildman–Crippen LogP) is 8.67. The SMILES string of the molecule is C[N+](CCC#N)=C1C=CC(=CC=C2C=C(c3ccc(C(C)(C)C)cc3)C=C(c3ccc(C(C)(C)C)cc3)O2)C=C1. The minimum Gasteiger partial charge on any atom is -0.457 e. The Labute approximate surface area is 240 Å². The second-order valence-electron chi connectivity index (χ2n) is 12.5. The van der Waals surface area contributed by atoms with Gasteiger partial charge in [-0.3, -0.25) is 0 Å². The summed E-state index contributed by atoms with van der Waals surface area (Å²) < 4.78 is 8.53. The van der Waals surface area contributed by atoms with E-state index in [4.69, 9.17) is 10.00 Å². The molecule has 4 rings (SSSR count). The van der Waals surface area contributed by atoms with Crippen molar-refractivity contribution in [1.82, 2.24) is 0 Å². The van der Waals surface area contributed by atoms with Crippen molar-refractivity contribution in [2.45, 2.75) is 58.8 Å². The molecule has 0 spiro atoms. The number of ether oxygens (including phenoxy) is 1. The molecule has 2 aliphatic rings. The molecule has 40 heavy (non-hydrogen) atoms. The van der Waals surface area contributed by atoms with Gasteiger partial charge in [-0.05, 0) is 69.0 Å². The van der Waals surface area contributed by atoms with Crippen LogP contribution in [-0.2, 0) is 15.6 Å². The maximum atomic E-state index is 8.86. The number of hydrogen-bond acceptors (Lipinski definition) is 2. The van der Waals surface area contributed by atoms with Gasteiger partial charge in [0.25, 0.3) is 0 Å². The van der Waals surface area contributed by atoms with Crippen LogP contribution in [0, 0.1) is 11.3 Å². The van der Waals surface area contributed by atoms with Crippen LogP contribution in [-0.4, -0.2) is 23.9 Å². The average molecular weight is 530 g/mol. The summed E-state index contributed by atoms with van der Waals surface area (Å²) in [4.78, 5) is 0.